The molecule has 2 aromatic carbocycles. The van der Waals surface area contributed by atoms with Gasteiger partial charge >= 0.3 is 0 Å². The molecule has 2 aromatic rings. The number of aryl methyl sites for hydroxylation is 1. The zero-order chi connectivity index (χ0) is 17.5. The van der Waals surface area contributed by atoms with E-state index in [-0.39, 0.29) is 5.91 Å². The summed E-state index contributed by atoms with van der Waals surface area (Å²) >= 11 is 7.73. The summed E-state index contributed by atoms with van der Waals surface area (Å²) in [6, 6.07) is 11.5. The van der Waals surface area contributed by atoms with E-state index in [0.717, 1.165) is 5.75 Å². The van der Waals surface area contributed by atoms with Gasteiger partial charge in [-0.25, -0.2) is 0 Å². The van der Waals surface area contributed by atoms with Crippen molar-refractivity contribution in [3.8, 4) is 11.5 Å². The molecule has 128 valence electrons. The van der Waals surface area contributed by atoms with Gasteiger partial charge in [0.15, 0.2) is 11.5 Å². The first-order valence-electron chi connectivity index (χ1n) is 7.38. The lowest BCUT2D eigenvalue weighted by atomic mass is 10.2. The third-order valence-electron chi connectivity index (χ3n) is 3.33. The molecular formula is C18H20ClNO3S. The monoisotopic (exact) mass is 365 g/mol. The molecule has 2 rings (SSSR count). The Morgan fingerprint density at radius 3 is 2.54 bits per heavy atom. The van der Waals surface area contributed by atoms with Crippen LogP contribution >= 0.6 is 23.4 Å². The molecule has 0 aliphatic carbocycles. The number of anilines is 1. The Morgan fingerprint density at radius 1 is 1.17 bits per heavy atom. The molecule has 1 N–H and O–H groups in total. The highest BCUT2D eigenvalue weighted by Crippen LogP contribution is 2.36. The molecule has 0 spiro atoms. The Kier molecular flexibility index (Phi) is 6.82. The number of amides is 1. The molecule has 0 saturated carbocycles. The SMILES string of the molecule is COc1cc(Cl)c(NC(=O)CSCc2cccc(C)c2)cc1OC. The molecule has 4 nitrogen and oxygen atoms in total. The fourth-order valence-corrected chi connectivity index (χ4v) is 3.18. The molecule has 0 heterocycles. The molecule has 0 bridgehead atoms. The molecule has 6 heteroatoms. The molecule has 0 unspecified atom stereocenters. The van der Waals surface area contributed by atoms with Crippen molar-refractivity contribution in [2.45, 2.75) is 12.7 Å². The summed E-state index contributed by atoms with van der Waals surface area (Å²) in [7, 11) is 3.07. The molecule has 0 fully saturated rings. The minimum Gasteiger partial charge on any atom is -0.493 e. The van der Waals surface area contributed by atoms with Crippen LogP contribution in [0.15, 0.2) is 36.4 Å². The lowest BCUT2D eigenvalue weighted by Gasteiger charge is -2.12. The van der Waals surface area contributed by atoms with Crippen molar-refractivity contribution in [3.63, 3.8) is 0 Å². The van der Waals surface area contributed by atoms with Gasteiger partial charge in [0, 0.05) is 17.9 Å². The van der Waals surface area contributed by atoms with Crippen molar-refractivity contribution >= 4 is 35.0 Å². The normalized spacial score (nSPS) is 10.3. The first-order chi connectivity index (χ1) is 11.5. The first-order valence-corrected chi connectivity index (χ1v) is 8.91. The molecule has 0 atom stereocenters. The van der Waals surface area contributed by atoms with Crippen molar-refractivity contribution < 1.29 is 14.3 Å². The van der Waals surface area contributed by atoms with E-state index in [4.69, 9.17) is 21.1 Å². The Labute approximate surface area is 151 Å². The Bertz CT molecular complexity index is 721. The van der Waals surface area contributed by atoms with Crippen molar-refractivity contribution in [1.29, 1.82) is 0 Å². The molecular weight excluding hydrogens is 346 g/mol. The van der Waals surface area contributed by atoms with Crippen LogP contribution in [0, 0.1) is 6.92 Å². The predicted molar refractivity (Wildman–Crippen MR) is 101 cm³/mol. The summed E-state index contributed by atoms with van der Waals surface area (Å²) in [4.78, 5) is 12.1. The van der Waals surface area contributed by atoms with Crippen LogP contribution in [0.1, 0.15) is 11.1 Å². The van der Waals surface area contributed by atoms with Gasteiger partial charge in [0.25, 0.3) is 0 Å². The van der Waals surface area contributed by atoms with Gasteiger partial charge in [-0.3, -0.25) is 4.79 Å². The minimum atomic E-state index is -0.109. The van der Waals surface area contributed by atoms with Crippen LogP contribution in [0.2, 0.25) is 5.02 Å². The van der Waals surface area contributed by atoms with Gasteiger partial charge in [-0.15, -0.1) is 11.8 Å². The maximum Gasteiger partial charge on any atom is 0.234 e. The van der Waals surface area contributed by atoms with Crippen LogP contribution in [0.4, 0.5) is 5.69 Å². The van der Waals surface area contributed by atoms with Crippen molar-refractivity contribution in [2.75, 3.05) is 25.3 Å². The van der Waals surface area contributed by atoms with E-state index in [1.165, 1.54) is 25.3 Å². The largest absolute Gasteiger partial charge is 0.493 e. The van der Waals surface area contributed by atoms with Gasteiger partial charge in [-0.05, 0) is 12.5 Å². The van der Waals surface area contributed by atoms with E-state index >= 15 is 0 Å². The number of hydrogen-bond acceptors (Lipinski definition) is 4. The van der Waals surface area contributed by atoms with Crippen molar-refractivity contribution in [2.24, 2.45) is 0 Å². The Morgan fingerprint density at radius 2 is 1.88 bits per heavy atom. The number of carbonyl (C=O) groups is 1. The first kappa shape index (κ1) is 18.5. The second-order valence-corrected chi connectivity index (χ2v) is 6.61. The fourth-order valence-electron chi connectivity index (χ4n) is 2.20. The summed E-state index contributed by atoms with van der Waals surface area (Å²) < 4.78 is 10.4. The average Bonchev–Trinajstić information content (AvgIpc) is 2.56. The molecule has 24 heavy (non-hydrogen) atoms. The molecule has 1 amide bonds. The van der Waals surface area contributed by atoms with Crippen LogP contribution in [0.3, 0.4) is 0 Å². The zero-order valence-corrected chi connectivity index (χ0v) is 15.5. The molecule has 0 aliphatic heterocycles. The number of hydrogen-bond donors (Lipinski definition) is 1. The lowest BCUT2D eigenvalue weighted by Crippen LogP contribution is -2.14. The Hall–Kier alpha value is -1.85. The summed E-state index contributed by atoms with van der Waals surface area (Å²) in [5.74, 6) is 2.06. The second-order valence-electron chi connectivity index (χ2n) is 5.22. The number of rotatable bonds is 7. The van der Waals surface area contributed by atoms with E-state index in [0.29, 0.717) is 28.0 Å². The number of thioether (sulfide) groups is 1. The van der Waals surface area contributed by atoms with Crippen LogP contribution < -0.4 is 14.8 Å². The van der Waals surface area contributed by atoms with Gasteiger partial charge in [-0.1, -0.05) is 41.4 Å². The molecule has 0 aromatic heterocycles. The second kappa shape index (κ2) is 8.85. The number of halogens is 1. The topological polar surface area (TPSA) is 47.6 Å². The highest BCUT2D eigenvalue weighted by molar-refractivity contribution is 7.99. The smallest absolute Gasteiger partial charge is 0.234 e. The maximum absolute atomic E-state index is 12.1. The minimum absolute atomic E-state index is 0.109. The van der Waals surface area contributed by atoms with Crippen LogP contribution in [-0.4, -0.2) is 25.9 Å². The average molecular weight is 366 g/mol. The van der Waals surface area contributed by atoms with Crippen molar-refractivity contribution in [1.82, 2.24) is 0 Å². The number of benzene rings is 2. The van der Waals surface area contributed by atoms with E-state index in [1.54, 1.807) is 23.9 Å². The van der Waals surface area contributed by atoms with Gasteiger partial charge in [-0.2, -0.15) is 0 Å². The number of methoxy groups -OCH3 is 2. The number of nitrogens with one attached hydrogen (secondary N) is 1. The zero-order valence-electron chi connectivity index (χ0n) is 13.9. The summed E-state index contributed by atoms with van der Waals surface area (Å²) in [6.07, 6.45) is 0. The van der Waals surface area contributed by atoms with Crippen LogP contribution in [-0.2, 0) is 10.5 Å². The molecule has 0 aliphatic rings. The highest BCUT2D eigenvalue weighted by atomic mass is 35.5. The van der Waals surface area contributed by atoms with Gasteiger partial charge in [0.1, 0.15) is 0 Å². The third-order valence-corrected chi connectivity index (χ3v) is 4.65. The standard InChI is InChI=1S/C18H20ClNO3S/c1-12-5-4-6-13(7-12)10-24-11-18(21)20-15-9-17(23-3)16(22-2)8-14(15)19/h4-9H,10-11H2,1-3H3,(H,20,21). The lowest BCUT2D eigenvalue weighted by molar-refractivity contribution is -0.113. The quantitative estimate of drug-likeness (QED) is 0.782. The third kappa shape index (κ3) is 5.08. The van der Waals surface area contributed by atoms with E-state index in [2.05, 4.69) is 30.4 Å². The predicted octanol–water partition coefficient (Wildman–Crippen LogP) is 4.54. The van der Waals surface area contributed by atoms with E-state index < -0.39 is 0 Å². The number of ether oxygens (including phenoxy) is 2. The summed E-state index contributed by atoms with van der Waals surface area (Å²) in [6.45, 7) is 2.06. The van der Waals surface area contributed by atoms with Crippen molar-refractivity contribution in [3.05, 3.63) is 52.5 Å². The van der Waals surface area contributed by atoms with Gasteiger partial charge in [0.2, 0.25) is 5.91 Å². The highest BCUT2D eigenvalue weighted by Gasteiger charge is 2.12. The Balaban J connectivity index is 1.92. The van der Waals surface area contributed by atoms with E-state index in [1.807, 2.05) is 6.07 Å². The van der Waals surface area contributed by atoms with Crippen LogP contribution in [0.25, 0.3) is 0 Å². The molecule has 0 radical (unpaired) electrons. The summed E-state index contributed by atoms with van der Waals surface area (Å²) in [5, 5.41) is 3.21. The van der Waals surface area contributed by atoms with Crippen LogP contribution in [0.5, 0.6) is 11.5 Å². The van der Waals surface area contributed by atoms with Gasteiger partial charge in [0.05, 0.1) is 30.7 Å². The number of carbonyl (C=O) groups excluding carboxylic acids is 1. The van der Waals surface area contributed by atoms with Gasteiger partial charge < -0.3 is 14.8 Å². The summed E-state index contributed by atoms with van der Waals surface area (Å²) in [5.41, 5.74) is 2.93. The van der Waals surface area contributed by atoms with E-state index in [9.17, 15) is 4.79 Å². The maximum atomic E-state index is 12.1. The molecule has 0 saturated heterocycles. The fraction of sp³-hybridized carbons (Fsp3) is 0.278.